The van der Waals surface area contributed by atoms with Gasteiger partial charge in [-0.05, 0) is 44.3 Å². The number of piperidine rings is 1. The number of hydrogen-bond acceptors (Lipinski definition) is 2. The first-order chi connectivity index (χ1) is 8.80. The third-order valence-corrected chi connectivity index (χ3v) is 4.31. The van der Waals surface area contributed by atoms with Gasteiger partial charge < -0.3 is 10.2 Å². The molecular weight excluding hydrogens is 253 g/mol. The van der Waals surface area contributed by atoms with Crippen molar-refractivity contribution >= 4 is 0 Å². The number of nitrogens with zero attached hydrogens (tertiary/aromatic N) is 1. The summed E-state index contributed by atoms with van der Waals surface area (Å²) in [5.74, 6) is -1.09. The lowest BCUT2D eigenvalue weighted by Crippen LogP contribution is -2.46. The van der Waals surface area contributed by atoms with Crippen LogP contribution >= 0.6 is 0 Å². The number of halogens is 3. The van der Waals surface area contributed by atoms with Gasteiger partial charge in [-0.1, -0.05) is 20.8 Å². The van der Waals surface area contributed by atoms with Crippen molar-refractivity contribution in [2.45, 2.75) is 46.2 Å². The molecule has 1 rings (SSSR count). The van der Waals surface area contributed by atoms with Crippen molar-refractivity contribution in [3.63, 3.8) is 0 Å². The van der Waals surface area contributed by atoms with Gasteiger partial charge in [-0.3, -0.25) is 0 Å². The van der Waals surface area contributed by atoms with E-state index in [1.165, 1.54) is 0 Å². The zero-order valence-corrected chi connectivity index (χ0v) is 12.3. The van der Waals surface area contributed by atoms with Gasteiger partial charge in [0.05, 0.1) is 5.92 Å². The van der Waals surface area contributed by atoms with Gasteiger partial charge >= 0.3 is 6.18 Å². The highest BCUT2D eigenvalue weighted by Crippen LogP contribution is 2.35. The normalized spacial score (nSPS) is 22.4. The second-order valence-corrected chi connectivity index (χ2v) is 6.04. The maximum atomic E-state index is 12.6. The molecule has 1 aliphatic rings. The zero-order valence-electron chi connectivity index (χ0n) is 12.3. The topological polar surface area (TPSA) is 15.3 Å². The Hall–Kier alpha value is -0.290. The Kier molecular flexibility index (Phi) is 6.12. The van der Waals surface area contributed by atoms with E-state index in [1.54, 1.807) is 0 Å². The Labute approximate surface area is 114 Å². The summed E-state index contributed by atoms with van der Waals surface area (Å²) in [6.45, 7) is 10.3. The second kappa shape index (κ2) is 6.93. The van der Waals surface area contributed by atoms with E-state index in [2.05, 4.69) is 31.0 Å². The fourth-order valence-corrected chi connectivity index (χ4v) is 2.68. The van der Waals surface area contributed by atoms with Crippen LogP contribution in [-0.4, -0.2) is 43.8 Å². The van der Waals surface area contributed by atoms with Crippen LogP contribution in [0.1, 0.15) is 40.0 Å². The number of hydrogen-bond donors (Lipinski definition) is 1. The molecule has 0 aromatic carbocycles. The molecule has 5 heteroatoms. The zero-order chi connectivity index (χ0) is 14.5. The van der Waals surface area contributed by atoms with E-state index in [4.69, 9.17) is 0 Å². The van der Waals surface area contributed by atoms with Gasteiger partial charge in [-0.15, -0.1) is 0 Å². The van der Waals surface area contributed by atoms with E-state index in [-0.39, 0.29) is 18.3 Å². The molecular formula is C14H27F3N2. The molecule has 0 aliphatic carbocycles. The maximum absolute atomic E-state index is 12.6. The van der Waals surface area contributed by atoms with Crippen molar-refractivity contribution in [1.82, 2.24) is 10.2 Å². The molecule has 114 valence electrons. The van der Waals surface area contributed by atoms with Crippen LogP contribution in [0.15, 0.2) is 0 Å². The van der Waals surface area contributed by atoms with Gasteiger partial charge in [-0.25, -0.2) is 0 Å². The monoisotopic (exact) mass is 280 g/mol. The van der Waals surface area contributed by atoms with Crippen LogP contribution < -0.4 is 5.32 Å². The Morgan fingerprint density at radius 2 is 1.74 bits per heavy atom. The first-order valence-corrected chi connectivity index (χ1v) is 7.30. The predicted octanol–water partition coefficient (Wildman–Crippen LogP) is 3.29. The summed E-state index contributed by atoms with van der Waals surface area (Å²) < 4.78 is 37.8. The number of alkyl halides is 3. The summed E-state index contributed by atoms with van der Waals surface area (Å²) in [6.07, 6.45) is -2.46. The molecule has 1 aliphatic heterocycles. The fraction of sp³-hybridized carbons (Fsp3) is 1.00. The van der Waals surface area contributed by atoms with Crippen LogP contribution in [0.2, 0.25) is 0 Å². The molecule has 1 unspecified atom stereocenters. The quantitative estimate of drug-likeness (QED) is 0.803. The summed E-state index contributed by atoms with van der Waals surface area (Å²) in [5, 5.41) is 3.36. The minimum atomic E-state index is -4.01. The summed E-state index contributed by atoms with van der Waals surface area (Å²) in [5.41, 5.74) is 0.154. The minimum absolute atomic E-state index is 0.154. The smallest absolute Gasteiger partial charge is 0.316 e. The second-order valence-electron chi connectivity index (χ2n) is 6.04. The van der Waals surface area contributed by atoms with Gasteiger partial charge in [-0.2, -0.15) is 13.2 Å². The molecule has 0 amide bonds. The Bertz CT molecular complexity index is 260. The molecule has 0 radical (unpaired) electrons. The largest absolute Gasteiger partial charge is 0.391 e. The third kappa shape index (κ3) is 5.30. The maximum Gasteiger partial charge on any atom is 0.391 e. The van der Waals surface area contributed by atoms with Gasteiger partial charge in [0.1, 0.15) is 0 Å². The van der Waals surface area contributed by atoms with Crippen molar-refractivity contribution in [3.8, 4) is 0 Å². The van der Waals surface area contributed by atoms with E-state index < -0.39 is 12.1 Å². The standard InChI is InChI=1S/C14H27F3N2/c1-4-13(3,10-18-5-2)11-19-8-6-12(7-9-19)14(15,16)17/h12,18H,4-11H2,1-3H3. The molecule has 19 heavy (non-hydrogen) atoms. The van der Waals surface area contributed by atoms with E-state index in [0.29, 0.717) is 13.1 Å². The highest BCUT2D eigenvalue weighted by Gasteiger charge is 2.41. The van der Waals surface area contributed by atoms with Crippen molar-refractivity contribution in [2.75, 3.05) is 32.7 Å². The minimum Gasteiger partial charge on any atom is -0.316 e. The number of likely N-dealkylation sites (tertiary alicyclic amines) is 1. The Morgan fingerprint density at radius 1 is 1.16 bits per heavy atom. The van der Waals surface area contributed by atoms with Gasteiger partial charge in [0, 0.05) is 13.1 Å². The summed E-state index contributed by atoms with van der Waals surface area (Å²) in [6, 6.07) is 0. The van der Waals surface area contributed by atoms with Gasteiger partial charge in [0.2, 0.25) is 0 Å². The van der Waals surface area contributed by atoms with E-state index in [0.717, 1.165) is 26.1 Å². The molecule has 0 bridgehead atoms. The Balaban J connectivity index is 2.43. The molecule has 1 N–H and O–H groups in total. The molecule has 0 aromatic heterocycles. The average molecular weight is 280 g/mol. The molecule has 1 fully saturated rings. The van der Waals surface area contributed by atoms with E-state index in [9.17, 15) is 13.2 Å². The molecule has 0 spiro atoms. The van der Waals surface area contributed by atoms with E-state index >= 15 is 0 Å². The van der Waals surface area contributed by atoms with E-state index in [1.807, 2.05) is 0 Å². The predicted molar refractivity (Wildman–Crippen MR) is 72.2 cm³/mol. The highest BCUT2D eigenvalue weighted by molar-refractivity contribution is 4.83. The van der Waals surface area contributed by atoms with Crippen LogP contribution in [0, 0.1) is 11.3 Å². The van der Waals surface area contributed by atoms with Crippen LogP contribution in [0.3, 0.4) is 0 Å². The third-order valence-electron chi connectivity index (χ3n) is 4.31. The first-order valence-electron chi connectivity index (χ1n) is 7.30. The molecule has 0 saturated carbocycles. The molecule has 1 atom stereocenters. The van der Waals surface area contributed by atoms with Crippen molar-refractivity contribution in [2.24, 2.45) is 11.3 Å². The van der Waals surface area contributed by atoms with Crippen molar-refractivity contribution < 1.29 is 13.2 Å². The number of nitrogens with one attached hydrogen (secondary N) is 1. The van der Waals surface area contributed by atoms with Crippen LogP contribution in [0.25, 0.3) is 0 Å². The lowest BCUT2D eigenvalue weighted by Gasteiger charge is -2.39. The van der Waals surface area contributed by atoms with Crippen molar-refractivity contribution in [1.29, 1.82) is 0 Å². The average Bonchev–Trinajstić information content (AvgIpc) is 2.36. The van der Waals surface area contributed by atoms with Crippen LogP contribution in [0.4, 0.5) is 13.2 Å². The molecule has 0 aromatic rings. The van der Waals surface area contributed by atoms with Crippen molar-refractivity contribution in [3.05, 3.63) is 0 Å². The summed E-state index contributed by atoms with van der Waals surface area (Å²) in [7, 11) is 0. The summed E-state index contributed by atoms with van der Waals surface area (Å²) in [4.78, 5) is 2.20. The van der Waals surface area contributed by atoms with Gasteiger partial charge in [0.25, 0.3) is 0 Å². The van der Waals surface area contributed by atoms with Crippen LogP contribution in [-0.2, 0) is 0 Å². The fourth-order valence-electron chi connectivity index (χ4n) is 2.68. The van der Waals surface area contributed by atoms with Gasteiger partial charge in [0.15, 0.2) is 0 Å². The van der Waals surface area contributed by atoms with Crippen LogP contribution in [0.5, 0.6) is 0 Å². The highest BCUT2D eigenvalue weighted by atomic mass is 19.4. The lowest BCUT2D eigenvalue weighted by atomic mass is 9.85. The Morgan fingerprint density at radius 3 is 2.16 bits per heavy atom. The lowest BCUT2D eigenvalue weighted by molar-refractivity contribution is -0.185. The first kappa shape index (κ1) is 16.8. The number of rotatable bonds is 6. The molecule has 2 nitrogen and oxygen atoms in total. The summed E-state index contributed by atoms with van der Waals surface area (Å²) >= 11 is 0. The molecule has 1 saturated heterocycles. The SMILES string of the molecule is CCNCC(C)(CC)CN1CCC(C(F)(F)F)CC1. The molecule has 1 heterocycles.